The van der Waals surface area contributed by atoms with Gasteiger partial charge in [-0.1, -0.05) is 13.8 Å². The van der Waals surface area contributed by atoms with Gasteiger partial charge >= 0.3 is 0 Å². The number of rotatable bonds is 7. The molecule has 0 aliphatic rings. The van der Waals surface area contributed by atoms with Crippen LogP contribution in [-0.4, -0.2) is 13.2 Å². The van der Waals surface area contributed by atoms with E-state index in [1.165, 1.54) is 0 Å². The Morgan fingerprint density at radius 2 is 1.44 bits per heavy atom. The van der Waals surface area contributed by atoms with Gasteiger partial charge in [0.25, 0.3) is 0 Å². The third-order valence-corrected chi connectivity index (χ3v) is 2.82. The van der Waals surface area contributed by atoms with Gasteiger partial charge in [-0.25, -0.2) is 4.39 Å². The second kappa shape index (κ2) is 7.49. The van der Waals surface area contributed by atoms with Crippen molar-refractivity contribution in [2.75, 3.05) is 13.2 Å². The fraction of sp³-hybridized carbons (Fsp3) is 0.600. The van der Waals surface area contributed by atoms with Crippen molar-refractivity contribution in [2.45, 2.75) is 46.8 Å². The van der Waals surface area contributed by atoms with E-state index in [1.807, 2.05) is 13.8 Å². The van der Waals surface area contributed by atoms with Crippen molar-refractivity contribution < 1.29 is 13.9 Å². The van der Waals surface area contributed by atoms with Crippen LogP contribution in [-0.2, 0) is 22.7 Å². The van der Waals surface area contributed by atoms with Crippen LogP contribution in [0.2, 0.25) is 0 Å². The predicted molar refractivity (Wildman–Crippen MR) is 71.1 cm³/mol. The third kappa shape index (κ3) is 4.07. The summed E-state index contributed by atoms with van der Waals surface area (Å²) in [4.78, 5) is 0. The van der Waals surface area contributed by atoms with E-state index < -0.39 is 0 Å². The summed E-state index contributed by atoms with van der Waals surface area (Å²) in [6, 6.07) is 3.14. The van der Waals surface area contributed by atoms with Crippen LogP contribution in [0.3, 0.4) is 0 Å². The number of ether oxygens (including phenoxy) is 2. The molecule has 0 aliphatic heterocycles. The van der Waals surface area contributed by atoms with Gasteiger partial charge in [0.1, 0.15) is 5.82 Å². The molecule has 0 fully saturated rings. The maximum atomic E-state index is 13.6. The van der Waals surface area contributed by atoms with Gasteiger partial charge in [-0.05, 0) is 48.6 Å². The summed E-state index contributed by atoms with van der Waals surface area (Å²) in [6.07, 6.45) is 0. The molecule has 0 unspecified atom stereocenters. The van der Waals surface area contributed by atoms with Gasteiger partial charge in [0, 0.05) is 13.2 Å². The minimum atomic E-state index is -0.219. The van der Waals surface area contributed by atoms with E-state index in [1.54, 1.807) is 12.1 Å². The van der Waals surface area contributed by atoms with Crippen LogP contribution in [0.15, 0.2) is 12.1 Å². The third-order valence-electron chi connectivity index (χ3n) is 2.82. The van der Waals surface area contributed by atoms with E-state index in [9.17, 15) is 4.39 Å². The summed E-state index contributed by atoms with van der Waals surface area (Å²) in [5.41, 5.74) is 3.02. The molecular formula is C15H23FO2. The Labute approximate surface area is 109 Å². The lowest BCUT2D eigenvalue weighted by molar-refractivity contribution is 0.128. The minimum Gasteiger partial charge on any atom is -0.377 e. The van der Waals surface area contributed by atoms with Gasteiger partial charge < -0.3 is 9.47 Å². The molecule has 1 rings (SSSR count). The van der Waals surface area contributed by atoms with Crippen molar-refractivity contribution in [1.29, 1.82) is 0 Å². The minimum absolute atomic E-state index is 0.219. The Kier molecular flexibility index (Phi) is 6.30. The van der Waals surface area contributed by atoms with Gasteiger partial charge in [-0.3, -0.25) is 0 Å². The first kappa shape index (κ1) is 15.1. The SMILES string of the molecule is CCOCc1cc(F)cc(COCC)c1C(C)C. The van der Waals surface area contributed by atoms with E-state index in [2.05, 4.69) is 13.8 Å². The number of benzene rings is 1. The summed E-state index contributed by atoms with van der Waals surface area (Å²) in [5.74, 6) is 0.111. The smallest absolute Gasteiger partial charge is 0.123 e. The van der Waals surface area contributed by atoms with Crippen LogP contribution in [0.5, 0.6) is 0 Å². The van der Waals surface area contributed by atoms with E-state index in [0.717, 1.165) is 16.7 Å². The largest absolute Gasteiger partial charge is 0.377 e. The maximum absolute atomic E-state index is 13.6. The average molecular weight is 254 g/mol. The molecule has 0 bridgehead atoms. The molecule has 1 aromatic carbocycles. The molecule has 1 aromatic rings. The van der Waals surface area contributed by atoms with Gasteiger partial charge in [-0.15, -0.1) is 0 Å². The molecule has 18 heavy (non-hydrogen) atoms. The predicted octanol–water partition coefficient (Wildman–Crippen LogP) is 4.02. The lowest BCUT2D eigenvalue weighted by Crippen LogP contribution is -2.07. The van der Waals surface area contributed by atoms with Crippen LogP contribution in [0, 0.1) is 5.82 Å². The maximum Gasteiger partial charge on any atom is 0.123 e. The zero-order valence-electron chi connectivity index (χ0n) is 11.8. The zero-order chi connectivity index (χ0) is 13.5. The first-order chi connectivity index (χ1) is 8.60. The molecule has 0 amide bonds. The summed E-state index contributed by atoms with van der Waals surface area (Å²) < 4.78 is 24.4. The molecule has 3 heteroatoms. The van der Waals surface area contributed by atoms with Gasteiger partial charge in [-0.2, -0.15) is 0 Å². The molecule has 0 saturated carbocycles. The number of halogens is 1. The molecule has 0 radical (unpaired) electrons. The first-order valence-electron chi connectivity index (χ1n) is 6.56. The fourth-order valence-electron chi connectivity index (χ4n) is 2.14. The monoisotopic (exact) mass is 254 g/mol. The van der Waals surface area contributed by atoms with Crippen molar-refractivity contribution in [3.8, 4) is 0 Å². The van der Waals surface area contributed by atoms with E-state index in [4.69, 9.17) is 9.47 Å². The van der Waals surface area contributed by atoms with Crippen LogP contribution in [0.4, 0.5) is 4.39 Å². The van der Waals surface area contributed by atoms with E-state index in [0.29, 0.717) is 32.3 Å². The Morgan fingerprint density at radius 1 is 1.00 bits per heavy atom. The standard InChI is InChI=1S/C15H23FO2/c1-5-17-9-12-7-14(16)8-13(10-18-6-2)15(12)11(3)4/h7-8,11H,5-6,9-10H2,1-4H3. The van der Waals surface area contributed by atoms with Crippen molar-refractivity contribution in [3.63, 3.8) is 0 Å². The highest BCUT2D eigenvalue weighted by Gasteiger charge is 2.14. The van der Waals surface area contributed by atoms with Crippen molar-refractivity contribution >= 4 is 0 Å². The van der Waals surface area contributed by atoms with Crippen molar-refractivity contribution in [2.24, 2.45) is 0 Å². The molecule has 0 atom stereocenters. The average Bonchev–Trinajstić information content (AvgIpc) is 2.32. The van der Waals surface area contributed by atoms with Crippen LogP contribution in [0.1, 0.15) is 50.3 Å². The molecular weight excluding hydrogens is 231 g/mol. The quantitative estimate of drug-likeness (QED) is 0.731. The molecule has 0 spiro atoms. The Balaban J connectivity index is 3.09. The Hall–Kier alpha value is -0.930. The van der Waals surface area contributed by atoms with Gasteiger partial charge in [0.2, 0.25) is 0 Å². The van der Waals surface area contributed by atoms with Crippen LogP contribution in [0.25, 0.3) is 0 Å². The van der Waals surface area contributed by atoms with Crippen LogP contribution >= 0.6 is 0 Å². The van der Waals surface area contributed by atoms with Crippen LogP contribution < -0.4 is 0 Å². The highest BCUT2D eigenvalue weighted by Crippen LogP contribution is 2.26. The van der Waals surface area contributed by atoms with Crippen molar-refractivity contribution in [1.82, 2.24) is 0 Å². The second-order valence-electron chi connectivity index (χ2n) is 4.57. The summed E-state index contributed by atoms with van der Waals surface area (Å²) >= 11 is 0. The van der Waals surface area contributed by atoms with Gasteiger partial charge in [0.15, 0.2) is 0 Å². The molecule has 0 heterocycles. The highest BCUT2D eigenvalue weighted by atomic mass is 19.1. The summed E-state index contributed by atoms with van der Waals surface area (Å²) in [6.45, 7) is 10.3. The van der Waals surface area contributed by atoms with Crippen molar-refractivity contribution in [3.05, 3.63) is 34.6 Å². The molecule has 2 nitrogen and oxygen atoms in total. The molecule has 102 valence electrons. The molecule has 0 saturated heterocycles. The first-order valence-corrected chi connectivity index (χ1v) is 6.56. The van der Waals surface area contributed by atoms with Gasteiger partial charge in [0.05, 0.1) is 13.2 Å². The molecule has 0 N–H and O–H groups in total. The summed E-state index contributed by atoms with van der Waals surface area (Å²) in [5, 5.41) is 0. The molecule has 0 aliphatic carbocycles. The highest BCUT2D eigenvalue weighted by molar-refractivity contribution is 5.37. The Bertz CT molecular complexity index is 346. The zero-order valence-corrected chi connectivity index (χ0v) is 11.8. The fourth-order valence-corrected chi connectivity index (χ4v) is 2.14. The lowest BCUT2D eigenvalue weighted by atomic mass is 9.92. The molecule has 0 aromatic heterocycles. The topological polar surface area (TPSA) is 18.5 Å². The second-order valence-corrected chi connectivity index (χ2v) is 4.57. The van der Waals surface area contributed by atoms with E-state index in [-0.39, 0.29) is 5.82 Å². The summed E-state index contributed by atoms with van der Waals surface area (Å²) in [7, 11) is 0. The van der Waals surface area contributed by atoms with E-state index >= 15 is 0 Å². The number of hydrogen-bond acceptors (Lipinski definition) is 2. The normalized spacial score (nSPS) is 11.2. The Morgan fingerprint density at radius 3 is 1.78 bits per heavy atom. The lowest BCUT2D eigenvalue weighted by Gasteiger charge is -2.18. The number of hydrogen-bond donors (Lipinski definition) is 0.